The van der Waals surface area contributed by atoms with Crippen LogP contribution in [0.2, 0.25) is 5.02 Å². The molecular weight excluding hydrogens is 360 g/mol. The van der Waals surface area contributed by atoms with E-state index in [4.69, 9.17) is 11.6 Å². The molecule has 2 aromatic rings. The van der Waals surface area contributed by atoms with Crippen molar-refractivity contribution in [2.75, 3.05) is 25.0 Å². The number of amides is 1. The van der Waals surface area contributed by atoms with Crippen molar-refractivity contribution in [1.82, 2.24) is 4.31 Å². The zero-order valence-electron chi connectivity index (χ0n) is 14.4. The number of hydrogen-bond donors (Lipinski definition) is 0. The minimum absolute atomic E-state index is 0.0606. The maximum atomic E-state index is 12.8. The second-order valence-electron chi connectivity index (χ2n) is 5.43. The Bertz CT molecular complexity index is 850. The summed E-state index contributed by atoms with van der Waals surface area (Å²) in [5.41, 5.74) is 0.849. The van der Waals surface area contributed by atoms with Gasteiger partial charge in [-0.25, -0.2) is 8.42 Å². The topological polar surface area (TPSA) is 57.7 Å². The fourth-order valence-corrected chi connectivity index (χ4v) is 4.17. The van der Waals surface area contributed by atoms with Gasteiger partial charge < -0.3 is 4.90 Å². The van der Waals surface area contributed by atoms with E-state index in [-0.39, 0.29) is 21.4 Å². The number of sulfonamides is 1. The fourth-order valence-electron chi connectivity index (χ4n) is 2.49. The summed E-state index contributed by atoms with van der Waals surface area (Å²) in [5.74, 6) is -0.368. The first-order chi connectivity index (χ1) is 11.8. The van der Waals surface area contributed by atoms with E-state index in [9.17, 15) is 13.2 Å². The van der Waals surface area contributed by atoms with E-state index in [1.54, 1.807) is 33.0 Å². The van der Waals surface area contributed by atoms with Crippen LogP contribution >= 0.6 is 11.6 Å². The third-order valence-electron chi connectivity index (χ3n) is 3.96. The van der Waals surface area contributed by atoms with Gasteiger partial charge in [0.2, 0.25) is 10.0 Å². The molecule has 0 aromatic heterocycles. The molecule has 5 nitrogen and oxygen atoms in total. The van der Waals surface area contributed by atoms with Crippen molar-refractivity contribution >= 4 is 33.2 Å². The summed E-state index contributed by atoms with van der Waals surface area (Å²) < 4.78 is 26.7. The minimum atomic E-state index is -3.66. The molecule has 0 fully saturated rings. The van der Waals surface area contributed by atoms with E-state index in [2.05, 4.69) is 0 Å². The first kappa shape index (κ1) is 19.4. The molecule has 0 aliphatic carbocycles. The summed E-state index contributed by atoms with van der Waals surface area (Å²) in [5, 5.41) is 0.214. The molecule has 1 amide bonds. The highest BCUT2D eigenvalue weighted by Gasteiger charge is 2.25. The molecule has 25 heavy (non-hydrogen) atoms. The van der Waals surface area contributed by atoms with Gasteiger partial charge in [-0.3, -0.25) is 4.79 Å². The number of nitrogens with zero attached hydrogens (tertiary/aromatic N) is 2. The molecule has 0 atom stereocenters. The molecule has 0 spiro atoms. The maximum absolute atomic E-state index is 12.8. The number of carbonyl (C=O) groups is 1. The van der Waals surface area contributed by atoms with Gasteiger partial charge in [0, 0.05) is 25.8 Å². The molecule has 2 aromatic carbocycles. The minimum Gasteiger partial charge on any atom is -0.311 e. The van der Waals surface area contributed by atoms with Gasteiger partial charge in [-0.1, -0.05) is 43.6 Å². The van der Waals surface area contributed by atoms with Crippen LogP contribution in [0.15, 0.2) is 53.4 Å². The zero-order valence-corrected chi connectivity index (χ0v) is 16.0. The summed E-state index contributed by atoms with van der Waals surface area (Å²) >= 11 is 6.16. The molecule has 0 bridgehead atoms. The van der Waals surface area contributed by atoms with Gasteiger partial charge in [0.1, 0.15) is 0 Å². The molecule has 0 aliphatic heterocycles. The van der Waals surface area contributed by atoms with Crippen molar-refractivity contribution in [3.05, 3.63) is 59.1 Å². The van der Waals surface area contributed by atoms with Gasteiger partial charge in [0.05, 0.1) is 15.5 Å². The molecule has 0 saturated heterocycles. The third-order valence-corrected chi connectivity index (χ3v) is 6.34. The van der Waals surface area contributed by atoms with Crippen molar-refractivity contribution in [2.45, 2.75) is 18.7 Å². The van der Waals surface area contributed by atoms with Crippen LogP contribution in [0.5, 0.6) is 0 Å². The molecule has 0 saturated carbocycles. The molecule has 7 heteroatoms. The van der Waals surface area contributed by atoms with Crippen LogP contribution in [0, 0.1) is 0 Å². The van der Waals surface area contributed by atoms with Gasteiger partial charge in [-0.2, -0.15) is 4.31 Å². The van der Waals surface area contributed by atoms with Gasteiger partial charge in [-0.15, -0.1) is 0 Å². The lowest BCUT2D eigenvalue weighted by molar-refractivity contribution is 0.0993. The molecule has 0 N–H and O–H groups in total. The Hall–Kier alpha value is -1.89. The summed E-state index contributed by atoms with van der Waals surface area (Å²) in [6, 6.07) is 13.3. The van der Waals surface area contributed by atoms with E-state index in [1.165, 1.54) is 27.4 Å². The summed E-state index contributed by atoms with van der Waals surface area (Å²) in [6.45, 7) is 4.25. The summed E-state index contributed by atoms with van der Waals surface area (Å²) in [6.07, 6.45) is 0. The van der Waals surface area contributed by atoms with Crippen LogP contribution in [0.3, 0.4) is 0 Å². The number of anilines is 1. The van der Waals surface area contributed by atoms with Crippen molar-refractivity contribution in [1.29, 1.82) is 0 Å². The number of para-hydroxylation sites is 1. The highest BCUT2D eigenvalue weighted by molar-refractivity contribution is 7.89. The standard InChI is InChI=1S/C18H21ClN2O3S/c1-4-21(5-2)25(23,24)15-11-12-17(19)16(13-15)18(22)20(3)14-9-7-6-8-10-14/h6-13H,4-5H2,1-3H3. The lowest BCUT2D eigenvalue weighted by Crippen LogP contribution is -2.31. The van der Waals surface area contributed by atoms with Crippen LogP contribution in [-0.2, 0) is 10.0 Å². The maximum Gasteiger partial charge on any atom is 0.259 e. The first-order valence-corrected chi connectivity index (χ1v) is 9.77. The van der Waals surface area contributed by atoms with Gasteiger partial charge >= 0.3 is 0 Å². The number of carbonyl (C=O) groups excluding carboxylic acids is 1. The number of benzene rings is 2. The smallest absolute Gasteiger partial charge is 0.259 e. The molecule has 0 heterocycles. The summed E-state index contributed by atoms with van der Waals surface area (Å²) in [4.78, 5) is 14.3. The largest absolute Gasteiger partial charge is 0.311 e. The lowest BCUT2D eigenvalue weighted by atomic mass is 10.2. The SMILES string of the molecule is CCN(CC)S(=O)(=O)c1ccc(Cl)c(C(=O)N(C)c2ccccc2)c1. The van der Waals surface area contributed by atoms with Crippen molar-refractivity contribution in [3.8, 4) is 0 Å². The fraction of sp³-hybridized carbons (Fsp3) is 0.278. The van der Waals surface area contributed by atoms with Crippen LogP contribution in [0.25, 0.3) is 0 Å². The quantitative estimate of drug-likeness (QED) is 0.768. The summed E-state index contributed by atoms with van der Waals surface area (Å²) in [7, 11) is -2.04. The second-order valence-corrected chi connectivity index (χ2v) is 7.78. The Labute approximate surface area is 153 Å². The van der Waals surface area contributed by atoms with Crippen LogP contribution < -0.4 is 4.90 Å². The number of hydrogen-bond acceptors (Lipinski definition) is 3. The van der Waals surface area contributed by atoms with Crippen LogP contribution in [0.4, 0.5) is 5.69 Å². The molecule has 0 unspecified atom stereocenters. The number of rotatable bonds is 6. The Morgan fingerprint density at radius 3 is 2.20 bits per heavy atom. The van der Waals surface area contributed by atoms with E-state index in [0.29, 0.717) is 18.8 Å². The van der Waals surface area contributed by atoms with Gasteiger partial charge in [0.25, 0.3) is 5.91 Å². The second kappa shape index (κ2) is 7.99. The lowest BCUT2D eigenvalue weighted by Gasteiger charge is -2.21. The van der Waals surface area contributed by atoms with E-state index in [1.807, 2.05) is 18.2 Å². The highest BCUT2D eigenvalue weighted by atomic mass is 35.5. The van der Waals surface area contributed by atoms with E-state index in [0.717, 1.165) is 0 Å². The Morgan fingerprint density at radius 2 is 1.64 bits per heavy atom. The Balaban J connectivity index is 2.44. The van der Waals surface area contributed by atoms with Crippen LogP contribution in [0.1, 0.15) is 24.2 Å². The van der Waals surface area contributed by atoms with Gasteiger partial charge in [-0.05, 0) is 30.3 Å². The predicted octanol–water partition coefficient (Wildman–Crippen LogP) is 3.65. The van der Waals surface area contributed by atoms with Crippen molar-refractivity contribution < 1.29 is 13.2 Å². The molecule has 0 radical (unpaired) electrons. The van der Waals surface area contributed by atoms with Gasteiger partial charge in [0.15, 0.2) is 0 Å². The monoisotopic (exact) mass is 380 g/mol. The third kappa shape index (κ3) is 4.03. The average Bonchev–Trinajstić information content (AvgIpc) is 2.62. The Kier molecular flexibility index (Phi) is 6.21. The highest BCUT2D eigenvalue weighted by Crippen LogP contribution is 2.25. The first-order valence-electron chi connectivity index (χ1n) is 7.95. The normalized spacial score (nSPS) is 11.6. The molecular formula is C18H21ClN2O3S. The molecule has 0 aliphatic rings. The average molecular weight is 381 g/mol. The zero-order chi connectivity index (χ0) is 18.6. The Morgan fingerprint density at radius 1 is 1.04 bits per heavy atom. The predicted molar refractivity (Wildman–Crippen MR) is 101 cm³/mol. The van der Waals surface area contributed by atoms with E-state index < -0.39 is 10.0 Å². The van der Waals surface area contributed by atoms with E-state index >= 15 is 0 Å². The number of halogens is 1. The molecule has 134 valence electrons. The molecule has 2 rings (SSSR count). The van der Waals surface area contributed by atoms with Crippen LogP contribution in [-0.4, -0.2) is 38.8 Å². The van der Waals surface area contributed by atoms with Crippen molar-refractivity contribution in [3.63, 3.8) is 0 Å². The van der Waals surface area contributed by atoms with Crippen molar-refractivity contribution in [2.24, 2.45) is 0 Å².